The Hall–Kier alpha value is -1.63. The van der Waals surface area contributed by atoms with E-state index in [0.29, 0.717) is 0 Å². The van der Waals surface area contributed by atoms with E-state index in [1.165, 1.54) is 0 Å². The Morgan fingerprint density at radius 2 is 2.40 bits per heavy atom. The van der Waals surface area contributed by atoms with Gasteiger partial charge in [0.2, 0.25) is 5.91 Å². The number of nitrogens with one attached hydrogen (secondary N) is 2. The molecule has 1 atom stereocenters. The first-order valence-corrected chi connectivity index (χ1v) is 7.55. The molecule has 3 rings (SSSR count). The first-order chi connectivity index (χ1) is 9.74. The summed E-state index contributed by atoms with van der Waals surface area (Å²) in [4.78, 5) is 15.6. The van der Waals surface area contributed by atoms with Crippen molar-refractivity contribution in [2.75, 3.05) is 18.4 Å². The summed E-state index contributed by atoms with van der Waals surface area (Å²) < 4.78 is 2.58. The zero-order valence-electron chi connectivity index (χ0n) is 11.0. The molecule has 0 saturated carbocycles. The average molecular weight is 338 g/mol. The van der Waals surface area contributed by atoms with E-state index < -0.39 is 0 Å². The van der Waals surface area contributed by atoms with Gasteiger partial charge in [0.05, 0.1) is 6.20 Å². The molecule has 0 aliphatic carbocycles. The van der Waals surface area contributed by atoms with Crippen LogP contribution in [0, 0.1) is 5.92 Å². The van der Waals surface area contributed by atoms with Gasteiger partial charge in [-0.2, -0.15) is 0 Å². The Kier molecular flexibility index (Phi) is 3.86. The zero-order valence-corrected chi connectivity index (χ0v) is 12.6. The number of halogens is 1. The van der Waals surface area contributed by atoms with Gasteiger partial charge in [-0.25, -0.2) is 9.50 Å². The van der Waals surface area contributed by atoms with Crippen LogP contribution in [-0.2, 0) is 4.79 Å². The third-order valence-corrected chi connectivity index (χ3v) is 4.06. The minimum absolute atomic E-state index is 0.190. The van der Waals surface area contributed by atoms with Crippen molar-refractivity contribution >= 4 is 33.3 Å². The lowest BCUT2D eigenvalue weighted by Gasteiger charge is -2.08. The fourth-order valence-corrected chi connectivity index (χ4v) is 2.79. The first-order valence-electron chi connectivity index (χ1n) is 6.76. The third-order valence-electron chi connectivity index (χ3n) is 3.52. The fourth-order valence-electron chi connectivity index (χ4n) is 2.43. The van der Waals surface area contributed by atoms with Crippen molar-refractivity contribution in [2.24, 2.45) is 5.92 Å². The molecule has 7 heteroatoms. The lowest BCUT2D eigenvalue weighted by molar-refractivity contribution is -0.122. The molecule has 2 aromatic heterocycles. The van der Waals surface area contributed by atoms with Crippen molar-refractivity contribution in [1.82, 2.24) is 19.9 Å². The number of fused-ring (bicyclic) bond motifs is 1. The topological polar surface area (TPSA) is 71.3 Å². The number of aromatic nitrogens is 3. The normalized spacial score (nSPS) is 18.4. The first kappa shape index (κ1) is 13.4. The molecule has 1 unspecified atom stereocenters. The minimum atomic E-state index is 0.190. The molecule has 20 heavy (non-hydrogen) atoms. The average Bonchev–Trinajstić information content (AvgIpc) is 3.02. The number of hydrogen-bond donors (Lipinski definition) is 2. The summed E-state index contributed by atoms with van der Waals surface area (Å²) in [6, 6.07) is 3.83. The van der Waals surface area contributed by atoms with Crippen molar-refractivity contribution in [3.63, 3.8) is 0 Å². The molecular weight excluding hydrogens is 322 g/mol. The van der Waals surface area contributed by atoms with Gasteiger partial charge in [0, 0.05) is 19.0 Å². The molecule has 0 bridgehead atoms. The molecule has 2 aromatic rings. The Morgan fingerprint density at radius 3 is 3.20 bits per heavy atom. The highest BCUT2D eigenvalue weighted by atomic mass is 79.9. The van der Waals surface area contributed by atoms with Gasteiger partial charge in [0.25, 0.3) is 0 Å². The SMILES string of the molecule is O=C1NCCC1CCCNc1ccc2ncc(Br)n2n1. The van der Waals surface area contributed by atoms with Gasteiger partial charge in [-0.1, -0.05) is 0 Å². The molecule has 2 N–H and O–H groups in total. The van der Waals surface area contributed by atoms with Crippen molar-refractivity contribution < 1.29 is 4.79 Å². The highest BCUT2D eigenvalue weighted by molar-refractivity contribution is 9.10. The lowest BCUT2D eigenvalue weighted by Crippen LogP contribution is -2.19. The highest BCUT2D eigenvalue weighted by Gasteiger charge is 2.22. The van der Waals surface area contributed by atoms with E-state index in [1.54, 1.807) is 10.7 Å². The molecule has 1 amide bonds. The van der Waals surface area contributed by atoms with E-state index in [1.807, 2.05) is 12.1 Å². The maximum absolute atomic E-state index is 11.4. The number of carbonyl (C=O) groups excluding carboxylic acids is 1. The van der Waals surface area contributed by atoms with E-state index in [-0.39, 0.29) is 11.8 Å². The molecule has 0 aromatic carbocycles. The van der Waals surface area contributed by atoms with Crippen molar-refractivity contribution in [3.8, 4) is 0 Å². The summed E-state index contributed by atoms with van der Waals surface area (Å²) in [5, 5.41) is 10.6. The molecule has 0 spiro atoms. The monoisotopic (exact) mass is 337 g/mol. The Morgan fingerprint density at radius 1 is 1.50 bits per heavy atom. The number of imidazole rings is 1. The van der Waals surface area contributed by atoms with Crippen molar-refractivity contribution in [3.05, 3.63) is 22.9 Å². The van der Waals surface area contributed by atoms with Gasteiger partial charge in [-0.05, 0) is 47.3 Å². The third kappa shape index (κ3) is 2.77. The van der Waals surface area contributed by atoms with Crippen LogP contribution in [0.4, 0.5) is 5.82 Å². The van der Waals surface area contributed by atoms with E-state index in [9.17, 15) is 4.79 Å². The largest absolute Gasteiger partial charge is 0.369 e. The predicted octanol–water partition coefficient (Wildman–Crippen LogP) is 1.82. The molecule has 1 saturated heterocycles. The number of hydrogen-bond acceptors (Lipinski definition) is 4. The van der Waals surface area contributed by atoms with Gasteiger partial charge >= 0.3 is 0 Å². The second kappa shape index (κ2) is 5.78. The highest BCUT2D eigenvalue weighted by Crippen LogP contribution is 2.16. The second-order valence-corrected chi connectivity index (χ2v) is 5.73. The maximum Gasteiger partial charge on any atom is 0.223 e. The standard InChI is InChI=1S/C13H16BrN5O/c14-10-8-17-12-4-3-11(18-19(10)12)15-6-1-2-9-5-7-16-13(9)20/h3-4,8-9H,1-2,5-7H2,(H,15,18)(H,16,20). The summed E-state index contributed by atoms with van der Waals surface area (Å²) in [5.41, 5.74) is 0.810. The molecular formula is C13H16BrN5O. The second-order valence-electron chi connectivity index (χ2n) is 4.92. The van der Waals surface area contributed by atoms with E-state index in [2.05, 4.69) is 36.6 Å². The number of nitrogens with zero attached hydrogens (tertiary/aromatic N) is 3. The summed E-state index contributed by atoms with van der Waals surface area (Å²) >= 11 is 3.40. The molecule has 6 nitrogen and oxygen atoms in total. The van der Waals surface area contributed by atoms with Crippen LogP contribution in [0.2, 0.25) is 0 Å². The summed E-state index contributed by atoms with van der Waals surface area (Å²) in [7, 11) is 0. The molecule has 0 radical (unpaired) electrons. The predicted molar refractivity (Wildman–Crippen MR) is 79.5 cm³/mol. The van der Waals surface area contributed by atoms with Gasteiger partial charge in [-0.15, -0.1) is 5.10 Å². The van der Waals surface area contributed by atoms with Gasteiger partial charge in [0.1, 0.15) is 10.4 Å². The zero-order chi connectivity index (χ0) is 13.9. The van der Waals surface area contributed by atoms with Crippen LogP contribution in [0.15, 0.2) is 22.9 Å². The quantitative estimate of drug-likeness (QED) is 0.816. The summed E-state index contributed by atoms with van der Waals surface area (Å²) in [6.07, 6.45) is 4.58. The van der Waals surface area contributed by atoms with Crippen LogP contribution >= 0.6 is 15.9 Å². The van der Waals surface area contributed by atoms with E-state index in [4.69, 9.17) is 0 Å². The molecule has 3 heterocycles. The van der Waals surface area contributed by atoms with E-state index in [0.717, 1.165) is 48.4 Å². The van der Waals surface area contributed by atoms with Gasteiger partial charge in [-0.3, -0.25) is 4.79 Å². The van der Waals surface area contributed by atoms with Crippen LogP contribution in [0.1, 0.15) is 19.3 Å². The Labute approximate surface area is 125 Å². The molecule has 1 aliphatic rings. The van der Waals surface area contributed by atoms with Crippen LogP contribution in [0.3, 0.4) is 0 Å². The molecule has 106 valence electrons. The number of anilines is 1. The van der Waals surface area contributed by atoms with Gasteiger partial charge in [0.15, 0.2) is 5.65 Å². The van der Waals surface area contributed by atoms with Crippen LogP contribution in [0.25, 0.3) is 5.65 Å². The summed E-state index contributed by atoms with van der Waals surface area (Å²) in [6.45, 7) is 1.64. The summed E-state index contributed by atoms with van der Waals surface area (Å²) in [5.74, 6) is 1.20. The van der Waals surface area contributed by atoms with Crippen LogP contribution < -0.4 is 10.6 Å². The maximum atomic E-state index is 11.4. The number of rotatable bonds is 5. The minimum Gasteiger partial charge on any atom is -0.369 e. The fraction of sp³-hybridized carbons (Fsp3) is 0.462. The Balaban J connectivity index is 1.52. The van der Waals surface area contributed by atoms with Crippen molar-refractivity contribution in [2.45, 2.75) is 19.3 Å². The van der Waals surface area contributed by atoms with Crippen LogP contribution in [-0.4, -0.2) is 33.6 Å². The van der Waals surface area contributed by atoms with Crippen LogP contribution in [0.5, 0.6) is 0 Å². The smallest absolute Gasteiger partial charge is 0.223 e. The number of amides is 1. The van der Waals surface area contributed by atoms with Crippen molar-refractivity contribution in [1.29, 1.82) is 0 Å². The number of carbonyl (C=O) groups is 1. The molecule has 1 fully saturated rings. The lowest BCUT2D eigenvalue weighted by atomic mass is 10.0. The Bertz CT molecular complexity index is 626. The van der Waals surface area contributed by atoms with Gasteiger partial charge < -0.3 is 10.6 Å². The van der Waals surface area contributed by atoms with E-state index >= 15 is 0 Å². The molecule has 1 aliphatic heterocycles.